The van der Waals surface area contributed by atoms with Gasteiger partial charge in [-0.2, -0.15) is 0 Å². The van der Waals surface area contributed by atoms with Crippen molar-refractivity contribution < 1.29 is 17.9 Å². The number of benzene rings is 2. The molecule has 5 nitrogen and oxygen atoms in total. The molecule has 0 spiro atoms. The highest BCUT2D eigenvalue weighted by atomic mass is 31.2. The van der Waals surface area contributed by atoms with Crippen molar-refractivity contribution in [3.63, 3.8) is 0 Å². The summed E-state index contributed by atoms with van der Waals surface area (Å²) in [6.45, 7) is 2.03. The molecule has 0 aliphatic carbocycles. The van der Waals surface area contributed by atoms with E-state index >= 15 is 0 Å². The minimum Gasteiger partial charge on any atom is -0.420 e. The maximum Gasteiger partial charge on any atom is 0.284 e. The number of anilines is 1. The van der Waals surface area contributed by atoms with Crippen molar-refractivity contribution in [1.29, 1.82) is 0 Å². The number of oxazole rings is 1. The lowest BCUT2D eigenvalue weighted by atomic mass is 10.2. The van der Waals surface area contributed by atoms with Gasteiger partial charge in [-0.05, 0) is 43.3 Å². The van der Waals surface area contributed by atoms with Crippen molar-refractivity contribution in [2.45, 2.75) is 6.92 Å². The average molecular weight is 360 g/mol. The SMILES string of the molecule is CCOP(=O)(c1ccccc1)c1nc(-c2ccc(F)cc2)oc1NC. The molecule has 1 atom stereocenters. The van der Waals surface area contributed by atoms with Crippen LogP contribution >= 0.6 is 7.37 Å². The summed E-state index contributed by atoms with van der Waals surface area (Å²) >= 11 is 0. The molecule has 0 amide bonds. The van der Waals surface area contributed by atoms with Gasteiger partial charge in [0, 0.05) is 17.9 Å². The highest BCUT2D eigenvalue weighted by Crippen LogP contribution is 2.47. The van der Waals surface area contributed by atoms with E-state index in [0.717, 1.165) is 0 Å². The lowest BCUT2D eigenvalue weighted by Crippen LogP contribution is -2.21. The fraction of sp³-hybridized carbons (Fsp3) is 0.167. The Balaban J connectivity index is 2.14. The number of halogens is 1. The number of rotatable bonds is 6. The molecule has 1 N–H and O–H groups in total. The zero-order valence-electron chi connectivity index (χ0n) is 13.9. The second-order valence-electron chi connectivity index (χ2n) is 5.23. The van der Waals surface area contributed by atoms with E-state index in [1.165, 1.54) is 12.1 Å². The van der Waals surface area contributed by atoms with Gasteiger partial charge in [0.15, 0.2) is 5.44 Å². The molecular weight excluding hydrogens is 342 g/mol. The van der Waals surface area contributed by atoms with Gasteiger partial charge in [0.2, 0.25) is 11.8 Å². The quantitative estimate of drug-likeness (QED) is 0.678. The Morgan fingerprint density at radius 2 is 1.84 bits per heavy atom. The minimum absolute atomic E-state index is 0.211. The maximum atomic E-state index is 13.7. The lowest BCUT2D eigenvalue weighted by molar-refractivity contribution is 0.347. The van der Waals surface area contributed by atoms with E-state index in [-0.39, 0.29) is 29.6 Å². The van der Waals surface area contributed by atoms with Crippen molar-refractivity contribution in [3.8, 4) is 11.5 Å². The lowest BCUT2D eigenvalue weighted by Gasteiger charge is -2.16. The van der Waals surface area contributed by atoms with Crippen molar-refractivity contribution >= 4 is 24.0 Å². The van der Waals surface area contributed by atoms with E-state index in [1.807, 2.05) is 6.07 Å². The van der Waals surface area contributed by atoms with Crippen LogP contribution in [0, 0.1) is 5.82 Å². The van der Waals surface area contributed by atoms with Gasteiger partial charge in [0.05, 0.1) is 6.61 Å². The molecule has 1 heterocycles. The molecule has 0 saturated carbocycles. The molecular formula is C18H18FN2O3P. The van der Waals surface area contributed by atoms with Crippen molar-refractivity contribution in [2.75, 3.05) is 19.0 Å². The van der Waals surface area contributed by atoms with Crippen LogP contribution in [-0.2, 0) is 9.09 Å². The fourth-order valence-electron chi connectivity index (χ4n) is 2.45. The molecule has 1 aromatic heterocycles. The Morgan fingerprint density at radius 1 is 1.16 bits per heavy atom. The van der Waals surface area contributed by atoms with Crippen molar-refractivity contribution in [2.24, 2.45) is 0 Å². The van der Waals surface area contributed by atoms with E-state index < -0.39 is 7.37 Å². The van der Waals surface area contributed by atoms with E-state index in [0.29, 0.717) is 10.9 Å². The standard InChI is InChI=1S/C18H18FN2O3P/c1-3-23-25(22,15-7-5-4-6-8-15)18-17(20-2)24-16(21-18)13-9-11-14(19)12-10-13/h4-12,20H,3H2,1-2H3. The first-order chi connectivity index (χ1) is 12.1. The Morgan fingerprint density at radius 3 is 2.44 bits per heavy atom. The monoisotopic (exact) mass is 360 g/mol. The van der Waals surface area contributed by atoms with Gasteiger partial charge >= 0.3 is 0 Å². The van der Waals surface area contributed by atoms with Gasteiger partial charge in [0.25, 0.3) is 7.37 Å². The smallest absolute Gasteiger partial charge is 0.284 e. The highest BCUT2D eigenvalue weighted by molar-refractivity contribution is 7.74. The van der Waals surface area contributed by atoms with Gasteiger partial charge in [-0.3, -0.25) is 4.57 Å². The fourth-order valence-corrected chi connectivity index (χ4v) is 4.55. The first-order valence-electron chi connectivity index (χ1n) is 7.83. The van der Waals surface area contributed by atoms with Gasteiger partial charge in [-0.15, -0.1) is 0 Å². The van der Waals surface area contributed by atoms with Crippen molar-refractivity contribution in [1.82, 2.24) is 4.98 Å². The van der Waals surface area contributed by atoms with Gasteiger partial charge in [-0.25, -0.2) is 9.37 Å². The summed E-state index contributed by atoms with van der Waals surface area (Å²) in [7, 11) is -1.78. The van der Waals surface area contributed by atoms with Gasteiger partial charge in [0.1, 0.15) is 5.82 Å². The summed E-state index contributed by atoms with van der Waals surface area (Å²) < 4.78 is 38.1. The molecule has 7 heteroatoms. The topological polar surface area (TPSA) is 64.4 Å². The molecule has 1 unspecified atom stereocenters. The first-order valence-corrected chi connectivity index (χ1v) is 9.46. The summed E-state index contributed by atoms with van der Waals surface area (Å²) in [6, 6.07) is 14.6. The van der Waals surface area contributed by atoms with Crippen LogP contribution in [0.4, 0.5) is 10.3 Å². The third kappa shape index (κ3) is 3.36. The maximum absolute atomic E-state index is 13.7. The number of hydrogen-bond acceptors (Lipinski definition) is 5. The average Bonchev–Trinajstić information content (AvgIpc) is 3.08. The third-order valence-electron chi connectivity index (χ3n) is 3.61. The Labute approximate surface area is 145 Å². The molecule has 130 valence electrons. The number of nitrogens with zero attached hydrogens (tertiary/aromatic N) is 1. The molecule has 3 rings (SSSR count). The van der Waals surface area contributed by atoms with Crippen LogP contribution in [0.1, 0.15) is 6.92 Å². The first kappa shape index (κ1) is 17.4. The molecule has 2 aromatic carbocycles. The van der Waals surface area contributed by atoms with Crippen LogP contribution in [0.2, 0.25) is 0 Å². The van der Waals surface area contributed by atoms with E-state index in [1.54, 1.807) is 50.4 Å². The molecule has 0 fully saturated rings. The summed E-state index contributed by atoms with van der Waals surface area (Å²) in [5.74, 6) is 0.156. The second-order valence-corrected chi connectivity index (χ2v) is 7.53. The molecule has 0 aliphatic rings. The largest absolute Gasteiger partial charge is 0.420 e. The van der Waals surface area contributed by atoms with Gasteiger partial charge in [-0.1, -0.05) is 18.2 Å². The third-order valence-corrected chi connectivity index (χ3v) is 6.07. The number of hydrogen-bond donors (Lipinski definition) is 1. The summed E-state index contributed by atoms with van der Waals surface area (Å²) in [6.07, 6.45) is 0. The van der Waals surface area contributed by atoms with E-state index in [9.17, 15) is 8.96 Å². The zero-order chi connectivity index (χ0) is 17.9. The van der Waals surface area contributed by atoms with Crippen LogP contribution in [-0.4, -0.2) is 18.6 Å². The molecule has 25 heavy (non-hydrogen) atoms. The van der Waals surface area contributed by atoms with E-state index in [4.69, 9.17) is 8.94 Å². The number of nitrogens with one attached hydrogen (secondary N) is 1. The summed E-state index contributed by atoms with van der Waals surface area (Å²) in [4.78, 5) is 4.41. The Hall–Kier alpha value is -2.43. The zero-order valence-corrected chi connectivity index (χ0v) is 14.8. The van der Waals surface area contributed by atoms with Crippen LogP contribution in [0.5, 0.6) is 0 Å². The second kappa shape index (κ2) is 7.21. The molecule has 3 aromatic rings. The minimum atomic E-state index is -3.43. The molecule has 0 bridgehead atoms. The van der Waals surface area contributed by atoms with E-state index in [2.05, 4.69) is 10.3 Å². The normalized spacial score (nSPS) is 13.4. The molecule has 0 radical (unpaired) electrons. The van der Waals surface area contributed by atoms with Gasteiger partial charge < -0.3 is 14.3 Å². The Kier molecular flexibility index (Phi) is 5.02. The number of aromatic nitrogens is 1. The summed E-state index contributed by atoms with van der Waals surface area (Å²) in [5, 5.41) is 3.41. The van der Waals surface area contributed by atoms with Crippen LogP contribution in [0.3, 0.4) is 0 Å². The predicted octanol–water partition coefficient (Wildman–Crippen LogP) is 3.79. The van der Waals surface area contributed by atoms with Crippen LogP contribution < -0.4 is 16.1 Å². The van der Waals surface area contributed by atoms with Crippen molar-refractivity contribution in [3.05, 3.63) is 60.4 Å². The molecule has 0 aliphatic heterocycles. The Bertz CT molecular complexity index is 894. The highest BCUT2D eigenvalue weighted by Gasteiger charge is 2.35. The predicted molar refractivity (Wildman–Crippen MR) is 96.4 cm³/mol. The summed E-state index contributed by atoms with van der Waals surface area (Å²) in [5.41, 5.74) is 0.794. The van der Waals surface area contributed by atoms with Crippen LogP contribution in [0.15, 0.2) is 59.0 Å². The van der Waals surface area contributed by atoms with Crippen LogP contribution in [0.25, 0.3) is 11.5 Å². The molecule has 0 saturated heterocycles.